The molecule has 0 bridgehead atoms. The average molecular weight is 304 g/mol. The van der Waals surface area contributed by atoms with E-state index in [0.29, 0.717) is 11.4 Å². The predicted molar refractivity (Wildman–Crippen MR) is 67.3 cm³/mol. The minimum absolute atomic E-state index is 0.0702. The van der Waals surface area contributed by atoms with Crippen LogP contribution in [0.4, 0.5) is 0 Å². The van der Waals surface area contributed by atoms with Crippen molar-refractivity contribution in [2.75, 3.05) is 7.05 Å². The first-order valence-electron chi connectivity index (χ1n) is 4.97. The summed E-state index contributed by atoms with van der Waals surface area (Å²) >= 11 is 9.34. The number of likely N-dealkylation sites (N-methyl/N-ethyl adjacent to an activating group) is 1. The number of hydrogen-bond acceptors (Lipinski definition) is 2. The number of carbonyl (C=O) groups is 1. The third-order valence-electron chi connectivity index (χ3n) is 2.91. The summed E-state index contributed by atoms with van der Waals surface area (Å²) in [6.45, 7) is 0. The highest BCUT2D eigenvalue weighted by atomic mass is 79.9. The van der Waals surface area contributed by atoms with Gasteiger partial charge in [0.2, 0.25) is 5.91 Å². The second-order valence-corrected chi connectivity index (χ2v) is 5.27. The molecule has 2 rings (SSSR count). The van der Waals surface area contributed by atoms with Crippen LogP contribution < -0.4 is 5.73 Å². The fraction of sp³-hybridized carbons (Fsp3) is 0.364. The maximum absolute atomic E-state index is 11.6. The summed E-state index contributed by atoms with van der Waals surface area (Å²) in [6, 6.07) is 5.31. The molecule has 1 heterocycles. The molecule has 2 N–H and O–H groups in total. The Hall–Kier alpha value is -0.580. The van der Waals surface area contributed by atoms with Crippen molar-refractivity contribution < 1.29 is 4.79 Å². The summed E-state index contributed by atoms with van der Waals surface area (Å²) in [6.07, 6.45) is 0.399. The Kier molecular flexibility index (Phi) is 3.24. The molecule has 0 radical (unpaired) electrons. The number of hydrogen-bond donors (Lipinski definition) is 1. The zero-order valence-electron chi connectivity index (χ0n) is 8.78. The Morgan fingerprint density at radius 2 is 2.25 bits per heavy atom. The fourth-order valence-corrected chi connectivity index (χ4v) is 3.00. The van der Waals surface area contributed by atoms with Crippen molar-refractivity contribution in [1.29, 1.82) is 0 Å². The molecular formula is C11H12BrClN2O. The van der Waals surface area contributed by atoms with Crippen LogP contribution in [0.25, 0.3) is 0 Å². The molecule has 1 aliphatic rings. The topological polar surface area (TPSA) is 46.3 Å². The monoisotopic (exact) mass is 302 g/mol. The van der Waals surface area contributed by atoms with Crippen molar-refractivity contribution in [3.63, 3.8) is 0 Å². The van der Waals surface area contributed by atoms with Crippen molar-refractivity contribution in [1.82, 2.24) is 4.90 Å². The van der Waals surface area contributed by atoms with Crippen molar-refractivity contribution in [3.8, 4) is 0 Å². The molecule has 1 aromatic rings. The number of nitrogens with two attached hydrogens (primary N) is 1. The zero-order chi connectivity index (χ0) is 11.9. The second-order valence-electron chi connectivity index (χ2n) is 3.98. The third-order valence-corrected chi connectivity index (χ3v) is 3.83. The molecule has 3 nitrogen and oxygen atoms in total. The maximum Gasteiger partial charge on any atom is 0.224 e. The number of amides is 1. The van der Waals surface area contributed by atoms with Crippen molar-refractivity contribution in [3.05, 3.63) is 33.3 Å². The SMILES string of the molecule is CN1C(=O)CC(N)C1c1ccc(Cl)cc1Br. The van der Waals surface area contributed by atoms with E-state index in [0.717, 1.165) is 10.0 Å². The Morgan fingerprint density at radius 1 is 1.56 bits per heavy atom. The minimum Gasteiger partial charge on any atom is -0.337 e. The first-order chi connectivity index (χ1) is 7.50. The van der Waals surface area contributed by atoms with E-state index >= 15 is 0 Å². The summed E-state index contributed by atoms with van der Waals surface area (Å²) < 4.78 is 0.891. The summed E-state index contributed by atoms with van der Waals surface area (Å²) in [4.78, 5) is 13.2. The molecule has 0 spiro atoms. The molecule has 1 saturated heterocycles. The normalized spacial score (nSPS) is 25.2. The molecule has 0 aromatic heterocycles. The number of nitrogens with zero attached hydrogens (tertiary/aromatic N) is 1. The molecule has 1 amide bonds. The molecule has 1 fully saturated rings. The lowest BCUT2D eigenvalue weighted by atomic mass is 10.0. The van der Waals surface area contributed by atoms with Crippen LogP contribution in [-0.4, -0.2) is 23.9 Å². The van der Waals surface area contributed by atoms with E-state index in [-0.39, 0.29) is 18.0 Å². The summed E-state index contributed by atoms with van der Waals surface area (Å²) in [5.74, 6) is 0.0827. The summed E-state index contributed by atoms with van der Waals surface area (Å²) in [7, 11) is 1.78. The van der Waals surface area contributed by atoms with Gasteiger partial charge in [-0.25, -0.2) is 0 Å². The van der Waals surface area contributed by atoms with E-state index in [2.05, 4.69) is 15.9 Å². The first kappa shape index (κ1) is 11.9. The average Bonchev–Trinajstić information content (AvgIpc) is 2.43. The van der Waals surface area contributed by atoms with Gasteiger partial charge in [0, 0.05) is 29.0 Å². The molecule has 5 heteroatoms. The van der Waals surface area contributed by atoms with Crippen LogP contribution >= 0.6 is 27.5 Å². The van der Waals surface area contributed by atoms with E-state index in [4.69, 9.17) is 17.3 Å². The highest BCUT2D eigenvalue weighted by Crippen LogP contribution is 2.35. The molecule has 1 aromatic carbocycles. The number of carbonyl (C=O) groups excluding carboxylic acids is 1. The Bertz CT molecular complexity index is 438. The number of rotatable bonds is 1. The van der Waals surface area contributed by atoms with Crippen molar-refractivity contribution in [2.45, 2.75) is 18.5 Å². The van der Waals surface area contributed by atoms with E-state index in [1.807, 2.05) is 18.2 Å². The van der Waals surface area contributed by atoms with E-state index in [1.165, 1.54) is 0 Å². The molecule has 1 aliphatic heterocycles. The molecule has 86 valence electrons. The molecule has 0 aliphatic carbocycles. The lowest BCUT2D eigenvalue weighted by molar-refractivity contribution is -0.127. The summed E-state index contributed by atoms with van der Waals surface area (Å²) in [5, 5.41) is 0.663. The minimum atomic E-state index is -0.157. The Balaban J connectivity index is 2.40. The zero-order valence-corrected chi connectivity index (χ0v) is 11.1. The van der Waals surface area contributed by atoms with Crippen LogP contribution in [0.15, 0.2) is 22.7 Å². The first-order valence-corrected chi connectivity index (χ1v) is 6.14. The van der Waals surface area contributed by atoms with Gasteiger partial charge in [0.25, 0.3) is 0 Å². The second kappa shape index (κ2) is 4.35. The smallest absolute Gasteiger partial charge is 0.224 e. The van der Waals surface area contributed by atoms with Crippen LogP contribution in [0.2, 0.25) is 5.02 Å². The number of likely N-dealkylation sites (tertiary alicyclic amines) is 1. The van der Waals surface area contributed by atoms with Gasteiger partial charge < -0.3 is 10.6 Å². The summed E-state index contributed by atoms with van der Waals surface area (Å²) in [5.41, 5.74) is 6.99. The van der Waals surface area contributed by atoms with Crippen molar-refractivity contribution >= 4 is 33.4 Å². The standard InChI is InChI=1S/C11H12BrClN2O/c1-15-10(16)5-9(14)11(15)7-3-2-6(13)4-8(7)12/h2-4,9,11H,5,14H2,1H3. The largest absolute Gasteiger partial charge is 0.337 e. The highest BCUT2D eigenvalue weighted by molar-refractivity contribution is 9.10. The van der Waals surface area contributed by atoms with Crippen molar-refractivity contribution in [2.24, 2.45) is 5.73 Å². The molecule has 16 heavy (non-hydrogen) atoms. The van der Waals surface area contributed by atoms with E-state index < -0.39 is 0 Å². The lowest BCUT2D eigenvalue weighted by Gasteiger charge is -2.24. The van der Waals surface area contributed by atoms with Gasteiger partial charge in [-0.2, -0.15) is 0 Å². The van der Waals surface area contributed by atoms with Crippen LogP contribution in [0, 0.1) is 0 Å². The van der Waals surface area contributed by atoms with Crippen LogP contribution in [0.3, 0.4) is 0 Å². The number of halogens is 2. The van der Waals surface area contributed by atoms with Gasteiger partial charge in [0.15, 0.2) is 0 Å². The van der Waals surface area contributed by atoms with Gasteiger partial charge in [-0.1, -0.05) is 33.6 Å². The van der Waals surface area contributed by atoms with Gasteiger partial charge in [-0.15, -0.1) is 0 Å². The highest BCUT2D eigenvalue weighted by Gasteiger charge is 2.36. The Labute approximate surface area is 108 Å². The maximum atomic E-state index is 11.6. The number of benzene rings is 1. The Morgan fingerprint density at radius 3 is 2.75 bits per heavy atom. The molecule has 2 atom stereocenters. The van der Waals surface area contributed by atoms with Crippen LogP contribution in [0.1, 0.15) is 18.0 Å². The van der Waals surface area contributed by atoms with Crippen LogP contribution in [0.5, 0.6) is 0 Å². The predicted octanol–water partition coefficient (Wildman–Crippen LogP) is 2.33. The molecule has 2 unspecified atom stereocenters. The van der Waals surface area contributed by atoms with Gasteiger partial charge in [0.05, 0.1) is 6.04 Å². The van der Waals surface area contributed by atoms with Crippen LogP contribution in [-0.2, 0) is 4.79 Å². The van der Waals surface area contributed by atoms with Gasteiger partial charge in [-0.3, -0.25) is 4.79 Å². The lowest BCUT2D eigenvalue weighted by Crippen LogP contribution is -2.30. The fourth-order valence-electron chi connectivity index (χ4n) is 2.08. The van der Waals surface area contributed by atoms with Gasteiger partial charge in [-0.05, 0) is 17.7 Å². The van der Waals surface area contributed by atoms with Gasteiger partial charge in [0.1, 0.15) is 0 Å². The van der Waals surface area contributed by atoms with E-state index in [1.54, 1.807) is 11.9 Å². The molecular weight excluding hydrogens is 291 g/mol. The quantitative estimate of drug-likeness (QED) is 0.865. The van der Waals surface area contributed by atoms with E-state index in [9.17, 15) is 4.79 Å². The third kappa shape index (κ3) is 1.97. The van der Waals surface area contributed by atoms with Gasteiger partial charge >= 0.3 is 0 Å². The molecule has 0 saturated carbocycles.